The molecule has 3 aromatic rings. The van der Waals surface area contributed by atoms with Gasteiger partial charge in [0.1, 0.15) is 17.3 Å². The van der Waals surface area contributed by atoms with Gasteiger partial charge >= 0.3 is 0 Å². The molecule has 0 unspecified atom stereocenters. The van der Waals surface area contributed by atoms with Crippen molar-refractivity contribution in [3.05, 3.63) is 70.9 Å². The van der Waals surface area contributed by atoms with E-state index in [9.17, 15) is 4.79 Å². The number of nitrogens with zero attached hydrogens (tertiary/aromatic N) is 4. The number of anilines is 1. The summed E-state index contributed by atoms with van der Waals surface area (Å²) in [6.07, 6.45) is 6.71. The summed E-state index contributed by atoms with van der Waals surface area (Å²) in [5.74, 6) is 1.90. The van der Waals surface area contributed by atoms with E-state index in [-0.39, 0.29) is 5.91 Å². The van der Waals surface area contributed by atoms with Gasteiger partial charge in [-0.05, 0) is 36.5 Å². The van der Waals surface area contributed by atoms with Crippen molar-refractivity contribution in [1.29, 1.82) is 0 Å². The quantitative estimate of drug-likeness (QED) is 0.692. The molecule has 1 fully saturated rings. The molecule has 142 valence electrons. The highest BCUT2D eigenvalue weighted by Gasteiger charge is 2.31. The van der Waals surface area contributed by atoms with Gasteiger partial charge in [0.25, 0.3) is 5.91 Å². The number of aromatic nitrogens is 4. The first-order chi connectivity index (χ1) is 13.8. The van der Waals surface area contributed by atoms with Crippen molar-refractivity contribution in [2.45, 2.75) is 38.3 Å². The van der Waals surface area contributed by atoms with Crippen molar-refractivity contribution in [2.75, 3.05) is 11.9 Å². The molecule has 2 aromatic heterocycles. The molecule has 1 aliphatic heterocycles. The van der Waals surface area contributed by atoms with Gasteiger partial charge in [0.2, 0.25) is 0 Å². The van der Waals surface area contributed by atoms with E-state index in [1.165, 1.54) is 11.1 Å². The lowest BCUT2D eigenvalue weighted by Crippen LogP contribution is -2.34. The molecule has 2 aliphatic rings. The molecule has 7 nitrogen and oxygen atoms in total. The van der Waals surface area contributed by atoms with Crippen LogP contribution in [-0.2, 0) is 19.5 Å². The number of hydrogen-bond donors (Lipinski definition) is 2. The first kappa shape index (κ1) is 16.9. The van der Waals surface area contributed by atoms with Gasteiger partial charge in [0, 0.05) is 37.0 Å². The maximum Gasteiger partial charge on any atom is 0.270 e. The van der Waals surface area contributed by atoms with E-state index in [1.807, 2.05) is 29.1 Å². The number of carbonyl (C=O) groups is 1. The predicted molar refractivity (Wildman–Crippen MR) is 105 cm³/mol. The van der Waals surface area contributed by atoms with Crippen LogP contribution in [0, 0.1) is 0 Å². The van der Waals surface area contributed by atoms with Crippen molar-refractivity contribution < 1.29 is 4.79 Å². The summed E-state index contributed by atoms with van der Waals surface area (Å²) in [4.78, 5) is 21.6. The van der Waals surface area contributed by atoms with Crippen LogP contribution in [0.15, 0.2) is 42.7 Å². The van der Waals surface area contributed by atoms with Crippen LogP contribution in [0.3, 0.4) is 0 Å². The lowest BCUT2D eigenvalue weighted by Gasteiger charge is -2.20. The Morgan fingerprint density at radius 2 is 2.00 bits per heavy atom. The third kappa shape index (κ3) is 3.35. The standard InChI is InChI=1S/C21H22N6O/c28-21-18-17(8-10-22-21)20(26-19(25-18)14-6-7-14)23-12-15-4-1-2-5-16(15)13-27-11-3-9-24-27/h1-5,9,11,14H,6-8,10,12-13H2,(H,22,28)(H,23,25,26). The van der Waals surface area contributed by atoms with E-state index in [2.05, 4.69) is 32.8 Å². The molecule has 3 heterocycles. The third-order valence-electron chi connectivity index (χ3n) is 5.30. The van der Waals surface area contributed by atoms with Gasteiger partial charge < -0.3 is 10.6 Å². The number of carbonyl (C=O) groups excluding carboxylic acids is 1. The van der Waals surface area contributed by atoms with Gasteiger partial charge in [-0.2, -0.15) is 5.10 Å². The van der Waals surface area contributed by atoms with Gasteiger partial charge in [-0.1, -0.05) is 24.3 Å². The van der Waals surface area contributed by atoms with Crippen LogP contribution in [0.25, 0.3) is 0 Å². The average molecular weight is 374 g/mol. The van der Waals surface area contributed by atoms with Gasteiger partial charge in [0.15, 0.2) is 0 Å². The summed E-state index contributed by atoms with van der Waals surface area (Å²) in [5, 5.41) is 10.7. The zero-order valence-electron chi connectivity index (χ0n) is 15.6. The Balaban J connectivity index is 1.42. The molecule has 1 saturated carbocycles. The normalized spacial score (nSPS) is 15.8. The minimum absolute atomic E-state index is 0.0901. The van der Waals surface area contributed by atoms with Crippen LogP contribution in [0.5, 0.6) is 0 Å². The van der Waals surface area contributed by atoms with E-state index in [0.717, 1.165) is 43.0 Å². The minimum atomic E-state index is -0.0901. The Morgan fingerprint density at radius 3 is 2.79 bits per heavy atom. The smallest absolute Gasteiger partial charge is 0.270 e. The highest BCUT2D eigenvalue weighted by Crippen LogP contribution is 2.39. The molecular weight excluding hydrogens is 352 g/mol. The van der Waals surface area contributed by atoms with Crippen molar-refractivity contribution in [2.24, 2.45) is 0 Å². The number of benzene rings is 1. The first-order valence-electron chi connectivity index (χ1n) is 9.75. The molecule has 0 spiro atoms. The summed E-state index contributed by atoms with van der Waals surface area (Å²) < 4.78 is 1.92. The lowest BCUT2D eigenvalue weighted by molar-refractivity contribution is 0.0940. The second-order valence-corrected chi connectivity index (χ2v) is 7.36. The number of nitrogens with one attached hydrogen (secondary N) is 2. The highest BCUT2D eigenvalue weighted by molar-refractivity contribution is 5.96. The van der Waals surface area contributed by atoms with Crippen LogP contribution in [-0.4, -0.2) is 32.2 Å². The van der Waals surface area contributed by atoms with E-state index in [1.54, 1.807) is 6.20 Å². The van der Waals surface area contributed by atoms with Crippen LogP contribution in [0.2, 0.25) is 0 Å². The number of amides is 1. The second-order valence-electron chi connectivity index (χ2n) is 7.36. The Bertz CT molecular complexity index is 1010. The molecule has 7 heteroatoms. The summed E-state index contributed by atoms with van der Waals surface area (Å²) in [7, 11) is 0. The minimum Gasteiger partial charge on any atom is -0.366 e. The topological polar surface area (TPSA) is 84.7 Å². The summed E-state index contributed by atoms with van der Waals surface area (Å²) >= 11 is 0. The van der Waals surface area contributed by atoms with Gasteiger partial charge in [-0.3, -0.25) is 9.48 Å². The molecule has 0 radical (unpaired) electrons. The Morgan fingerprint density at radius 1 is 1.14 bits per heavy atom. The monoisotopic (exact) mass is 374 g/mol. The highest BCUT2D eigenvalue weighted by atomic mass is 16.1. The first-order valence-corrected chi connectivity index (χ1v) is 9.75. The predicted octanol–water partition coefficient (Wildman–Crippen LogP) is 2.50. The maximum atomic E-state index is 12.3. The van der Waals surface area contributed by atoms with E-state index in [4.69, 9.17) is 4.98 Å². The fraction of sp³-hybridized carbons (Fsp3) is 0.333. The van der Waals surface area contributed by atoms with Crippen molar-refractivity contribution >= 4 is 11.7 Å². The average Bonchev–Trinajstić information content (AvgIpc) is 3.45. The summed E-state index contributed by atoms with van der Waals surface area (Å²) in [5.41, 5.74) is 3.87. The molecule has 1 aliphatic carbocycles. The molecule has 5 rings (SSSR count). The van der Waals surface area contributed by atoms with Crippen LogP contribution in [0.1, 0.15) is 51.8 Å². The third-order valence-corrected chi connectivity index (χ3v) is 5.30. The number of hydrogen-bond acceptors (Lipinski definition) is 5. The molecule has 2 N–H and O–H groups in total. The Kier molecular flexibility index (Phi) is 4.27. The fourth-order valence-corrected chi connectivity index (χ4v) is 3.61. The molecule has 0 atom stereocenters. The lowest BCUT2D eigenvalue weighted by atomic mass is 10.0. The summed E-state index contributed by atoms with van der Waals surface area (Å²) in [6.45, 7) is 2.00. The zero-order valence-corrected chi connectivity index (χ0v) is 15.6. The van der Waals surface area contributed by atoms with Gasteiger partial charge in [-0.25, -0.2) is 9.97 Å². The van der Waals surface area contributed by atoms with E-state index >= 15 is 0 Å². The van der Waals surface area contributed by atoms with Crippen molar-refractivity contribution in [3.8, 4) is 0 Å². The number of fused-ring (bicyclic) bond motifs is 1. The molecule has 0 saturated heterocycles. The van der Waals surface area contributed by atoms with Gasteiger partial charge in [-0.15, -0.1) is 0 Å². The van der Waals surface area contributed by atoms with E-state index in [0.29, 0.717) is 24.7 Å². The molecule has 1 amide bonds. The Labute approximate surface area is 163 Å². The van der Waals surface area contributed by atoms with Crippen molar-refractivity contribution in [3.63, 3.8) is 0 Å². The SMILES string of the molecule is O=C1NCCc2c(NCc3ccccc3Cn3cccn3)nc(C3CC3)nc21. The van der Waals surface area contributed by atoms with Crippen LogP contribution in [0.4, 0.5) is 5.82 Å². The number of rotatable bonds is 6. The fourth-order valence-electron chi connectivity index (χ4n) is 3.61. The molecular formula is C21H22N6O. The second kappa shape index (κ2) is 7.07. The van der Waals surface area contributed by atoms with Gasteiger partial charge in [0.05, 0.1) is 6.54 Å². The zero-order chi connectivity index (χ0) is 18.9. The van der Waals surface area contributed by atoms with E-state index < -0.39 is 0 Å². The molecule has 1 aromatic carbocycles. The summed E-state index contributed by atoms with van der Waals surface area (Å²) in [6, 6.07) is 10.3. The van der Waals surface area contributed by atoms with Crippen molar-refractivity contribution in [1.82, 2.24) is 25.1 Å². The Hall–Kier alpha value is -3.22. The van der Waals surface area contributed by atoms with Crippen LogP contribution < -0.4 is 10.6 Å². The molecule has 0 bridgehead atoms. The maximum absolute atomic E-state index is 12.3. The van der Waals surface area contributed by atoms with Crippen LogP contribution >= 0.6 is 0 Å². The largest absolute Gasteiger partial charge is 0.366 e. The molecule has 28 heavy (non-hydrogen) atoms.